The van der Waals surface area contributed by atoms with Gasteiger partial charge in [0, 0.05) is 13.1 Å². The molecule has 1 aromatic carbocycles. The number of rotatable bonds is 6. The SMILES string of the molecule is COc1c(Br)cc(CNCC2(C3CC3)CC2)cc1Br. The Hall–Kier alpha value is -0.0600. The van der Waals surface area contributed by atoms with E-state index in [0.29, 0.717) is 5.41 Å². The highest BCUT2D eigenvalue weighted by molar-refractivity contribution is 9.11. The first-order valence-electron chi connectivity index (χ1n) is 6.87. The van der Waals surface area contributed by atoms with Crippen LogP contribution in [0.4, 0.5) is 0 Å². The number of hydrogen-bond acceptors (Lipinski definition) is 2. The van der Waals surface area contributed by atoms with Crippen molar-refractivity contribution in [3.8, 4) is 5.75 Å². The van der Waals surface area contributed by atoms with E-state index in [1.165, 1.54) is 37.8 Å². The fourth-order valence-electron chi connectivity index (χ4n) is 2.95. The molecule has 0 aromatic heterocycles. The molecule has 19 heavy (non-hydrogen) atoms. The highest BCUT2D eigenvalue weighted by Gasteiger charge is 2.53. The van der Waals surface area contributed by atoms with E-state index < -0.39 is 0 Å². The lowest BCUT2D eigenvalue weighted by Gasteiger charge is -2.15. The first kappa shape index (κ1) is 13.9. The maximum atomic E-state index is 5.33. The predicted octanol–water partition coefficient (Wildman–Crippen LogP) is 4.50. The highest BCUT2D eigenvalue weighted by atomic mass is 79.9. The third-order valence-corrected chi connectivity index (χ3v) is 5.58. The second kappa shape index (κ2) is 5.38. The normalized spacial score (nSPS) is 20.4. The molecule has 2 aliphatic rings. The molecule has 3 rings (SSSR count). The molecule has 2 nitrogen and oxygen atoms in total. The number of nitrogens with one attached hydrogen (secondary N) is 1. The van der Waals surface area contributed by atoms with Gasteiger partial charge in [-0.15, -0.1) is 0 Å². The maximum Gasteiger partial charge on any atom is 0.147 e. The summed E-state index contributed by atoms with van der Waals surface area (Å²) in [7, 11) is 1.69. The van der Waals surface area contributed by atoms with Crippen molar-refractivity contribution < 1.29 is 4.74 Å². The minimum atomic E-state index is 0.668. The molecule has 1 N–H and O–H groups in total. The zero-order valence-electron chi connectivity index (χ0n) is 11.1. The largest absolute Gasteiger partial charge is 0.494 e. The summed E-state index contributed by atoms with van der Waals surface area (Å²) in [6.45, 7) is 2.11. The van der Waals surface area contributed by atoms with E-state index in [1.54, 1.807) is 7.11 Å². The lowest BCUT2D eigenvalue weighted by atomic mass is 10.0. The van der Waals surface area contributed by atoms with Gasteiger partial charge in [-0.1, -0.05) is 0 Å². The van der Waals surface area contributed by atoms with Gasteiger partial charge in [0.2, 0.25) is 0 Å². The molecule has 0 saturated heterocycles. The van der Waals surface area contributed by atoms with Crippen LogP contribution in [0.3, 0.4) is 0 Å². The van der Waals surface area contributed by atoms with E-state index in [2.05, 4.69) is 49.3 Å². The topological polar surface area (TPSA) is 21.3 Å². The van der Waals surface area contributed by atoms with E-state index in [9.17, 15) is 0 Å². The fourth-order valence-corrected chi connectivity index (χ4v) is 4.56. The number of ether oxygens (including phenoxy) is 1. The molecular formula is C15H19Br2NO. The second-order valence-electron chi connectivity index (χ2n) is 5.83. The van der Waals surface area contributed by atoms with Crippen LogP contribution in [0.2, 0.25) is 0 Å². The Morgan fingerprint density at radius 3 is 2.37 bits per heavy atom. The number of benzene rings is 1. The zero-order valence-corrected chi connectivity index (χ0v) is 14.3. The van der Waals surface area contributed by atoms with Gasteiger partial charge in [-0.05, 0) is 86.6 Å². The first-order valence-corrected chi connectivity index (χ1v) is 8.46. The number of hydrogen-bond donors (Lipinski definition) is 1. The van der Waals surface area contributed by atoms with Gasteiger partial charge < -0.3 is 10.1 Å². The van der Waals surface area contributed by atoms with Gasteiger partial charge in [0.1, 0.15) is 5.75 Å². The van der Waals surface area contributed by atoms with Crippen molar-refractivity contribution in [1.29, 1.82) is 0 Å². The Morgan fingerprint density at radius 1 is 1.26 bits per heavy atom. The molecule has 0 bridgehead atoms. The molecule has 2 fully saturated rings. The van der Waals surface area contributed by atoms with E-state index in [-0.39, 0.29) is 0 Å². The van der Waals surface area contributed by atoms with Crippen LogP contribution in [0.15, 0.2) is 21.1 Å². The lowest BCUT2D eigenvalue weighted by Crippen LogP contribution is -2.25. The van der Waals surface area contributed by atoms with Crippen LogP contribution in [0.1, 0.15) is 31.2 Å². The van der Waals surface area contributed by atoms with Crippen molar-refractivity contribution in [2.24, 2.45) is 11.3 Å². The van der Waals surface area contributed by atoms with Crippen LogP contribution in [-0.2, 0) is 6.54 Å². The summed E-state index contributed by atoms with van der Waals surface area (Å²) >= 11 is 7.10. The Bertz CT molecular complexity index is 458. The summed E-state index contributed by atoms with van der Waals surface area (Å²) < 4.78 is 7.33. The molecule has 0 radical (unpaired) electrons. The summed E-state index contributed by atoms with van der Waals surface area (Å²) in [5.41, 5.74) is 1.95. The van der Waals surface area contributed by atoms with E-state index >= 15 is 0 Å². The molecule has 0 amide bonds. The van der Waals surface area contributed by atoms with Gasteiger partial charge in [-0.3, -0.25) is 0 Å². The van der Waals surface area contributed by atoms with Gasteiger partial charge in [-0.25, -0.2) is 0 Å². The average molecular weight is 389 g/mol. The minimum Gasteiger partial charge on any atom is -0.494 e. The van der Waals surface area contributed by atoms with Gasteiger partial charge in [-0.2, -0.15) is 0 Å². The Kier molecular flexibility index (Phi) is 3.93. The Balaban J connectivity index is 1.58. The molecule has 0 heterocycles. The molecule has 4 heteroatoms. The molecule has 0 spiro atoms. The molecular weight excluding hydrogens is 370 g/mol. The van der Waals surface area contributed by atoms with Crippen LogP contribution in [0, 0.1) is 11.3 Å². The molecule has 1 aromatic rings. The van der Waals surface area contributed by atoms with Crippen LogP contribution < -0.4 is 10.1 Å². The third kappa shape index (κ3) is 3.01. The molecule has 104 valence electrons. The fraction of sp³-hybridized carbons (Fsp3) is 0.600. The predicted molar refractivity (Wildman–Crippen MR) is 84.5 cm³/mol. The van der Waals surface area contributed by atoms with E-state index in [0.717, 1.165) is 27.2 Å². The highest BCUT2D eigenvalue weighted by Crippen LogP contribution is 2.60. The van der Waals surface area contributed by atoms with Gasteiger partial charge in [0.15, 0.2) is 0 Å². The lowest BCUT2D eigenvalue weighted by molar-refractivity contribution is 0.402. The van der Waals surface area contributed by atoms with Crippen molar-refractivity contribution in [3.05, 3.63) is 26.6 Å². The molecule has 0 aliphatic heterocycles. The van der Waals surface area contributed by atoms with Gasteiger partial charge >= 0.3 is 0 Å². The Morgan fingerprint density at radius 2 is 1.89 bits per heavy atom. The molecule has 2 saturated carbocycles. The van der Waals surface area contributed by atoms with Crippen molar-refractivity contribution in [2.75, 3.05) is 13.7 Å². The summed E-state index contributed by atoms with van der Waals surface area (Å²) in [4.78, 5) is 0. The summed E-state index contributed by atoms with van der Waals surface area (Å²) in [6.07, 6.45) is 5.78. The average Bonchev–Trinajstić information content (AvgIpc) is 3.23. The molecule has 0 atom stereocenters. The van der Waals surface area contributed by atoms with Crippen molar-refractivity contribution in [1.82, 2.24) is 5.32 Å². The van der Waals surface area contributed by atoms with Crippen LogP contribution in [-0.4, -0.2) is 13.7 Å². The van der Waals surface area contributed by atoms with E-state index in [4.69, 9.17) is 4.74 Å². The summed E-state index contributed by atoms with van der Waals surface area (Å²) in [5, 5.41) is 3.64. The van der Waals surface area contributed by atoms with Crippen molar-refractivity contribution in [2.45, 2.75) is 32.2 Å². The van der Waals surface area contributed by atoms with Crippen LogP contribution >= 0.6 is 31.9 Å². The maximum absolute atomic E-state index is 5.33. The summed E-state index contributed by atoms with van der Waals surface area (Å²) in [6, 6.07) is 4.26. The zero-order chi connectivity index (χ0) is 13.5. The monoisotopic (exact) mass is 387 g/mol. The number of halogens is 2. The standard InChI is InChI=1S/C15H19Br2NO/c1-19-14-12(16)6-10(7-13(14)17)8-18-9-15(4-5-15)11-2-3-11/h6-7,11,18H,2-5,8-9H2,1H3. The van der Waals surface area contributed by atoms with E-state index in [1.807, 2.05) is 0 Å². The van der Waals surface area contributed by atoms with Crippen LogP contribution in [0.25, 0.3) is 0 Å². The minimum absolute atomic E-state index is 0.668. The first-order chi connectivity index (χ1) is 9.14. The van der Waals surface area contributed by atoms with Gasteiger partial charge in [0.05, 0.1) is 16.1 Å². The molecule has 2 aliphatic carbocycles. The summed E-state index contributed by atoms with van der Waals surface area (Å²) in [5.74, 6) is 1.88. The number of methoxy groups -OCH3 is 1. The third-order valence-electron chi connectivity index (χ3n) is 4.40. The second-order valence-corrected chi connectivity index (χ2v) is 7.54. The molecule has 0 unspecified atom stereocenters. The quantitative estimate of drug-likeness (QED) is 0.774. The Labute approximate surface area is 131 Å². The smallest absolute Gasteiger partial charge is 0.147 e. The van der Waals surface area contributed by atoms with Crippen molar-refractivity contribution in [3.63, 3.8) is 0 Å². The van der Waals surface area contributed by atoms with Crippen molar-refractivity contribution >= 4 is 31.9 Å². The van der Waals surface area contributed by atoms with Gasteiger partial charge in [0.25, 0.3) is 0 Å². The van der Waals surface area contributed by atoms with Crippen LogP contribution in [0.5, 0.6) is 5.75 Å².